The fraction of sp³-hybridized carbons (Fsp3) is 0.217. The number of para-hydroxylation sites is 1. The van der Waals surface area contributed by atoms with Gasteiger partial charge < -0.3 is 15.1 Å². The van der Waals surface area contributed by atoms with Crippen LogP contribution in [-0.2, 0) is 0 Å². The summed E-state index contributed by atoms with van der Waals surface area (Å²) in [4.78, 5) is 21.1. The molecule has 1 unspecified atom stereocenters. The molecule has 0 spiro atoms. The summed E-state index contributed by atoms with van der Waals surface area (Å²) in [5.41, 5.74) is 3.50. The highest BCUT2D eigenvalue weighted by molar-refractivity contribution is 5.96. The number of benzene rings is 2. The van der Waals surface area contributed by atoms with Crippen molar-refractivity contribution >= 4 is 17.6 Å². The maximum absolute atomic E-state index is 13.1. The van der Waals surface area contributed by atoms with Crippen molar-refractivity contribution in [3.05, 3.63) is 83.7 Å². The summed E-state index contributed by atoms with van der Waals surface area (Å²) in [6, 6.07) is 17.6. The zero-order valence-electron chi connectivity index (χ0n) is 17.2. The van der Waals surface area contributed by atoms with E-state index in [2.05, 4.69) is 20.5 Å². The number of carbonyl (C=O) groups excluding carboxylic acids is 1. The van der Waals surface area contributed by atoms with Gasteiger partial charge in [0.2, 0.25) is 12.2 Å². The summed E-state index contributed by atoms with van der Waals surface area (Å²) in [5, 5.41) is 19.2. The average molecular weight is 413 g/mol. The minimum Gasteiger partial charge on any atom is -0.338 e. The van der Waals surface area contributed by atoms with Crippen molar-refractivity contribution in [2.75, 3.05) is 25.0 Å². The second-order valence-corrected chi connectivity index (χ2v) is 7.33. The molecular formula is C23H23N7O. The van der Waals surface area contributed by atoms with E-state index in [1.165, 1.54) is 0 Å². The summed E-state index contributed by atoms with van der Waals surface area (Å²) >= 11 is 0. The van der Waals surface area contributed by atoms with E-state index in [9.17, 15) is 10.1 Å². The number of hydrogen-bond acceptors (Lipinski definition) is 4. The number of nitrogens with zero attached hydrogens (tertiary/aromatic N) is 5. The lowest BCUT2D eigenvalue weighted by Gasteiger charge is -2.42. The number of aryl methyl sites for hydroxylation is 1. The number of nitrogens with one attached hydrogen (secondary N) is 2. The van der Waals surface area contributed by atoms with Gasteiger partial charge in [0.05, 0.1) is 17.8 Å². The molecule has 8 heteroatoms. The third-order valence-corrected chi connectivity index (χ3v) is 5.42. The van der Waals surface area contributed by atoms with E-state index in [1.54, 1.807) is 12.4 Å². The quantitative estimate of drug-likeness (QED) is 0.390. The summed E-state index contributed by atoms with van der Waals surface area (Å²) in [6.07, 6.45) is 5.06. The summed E-state index contributed by atoms with van der Waals surface area (Å²) < 4.78 is 0. The van der Waals surface area contributed by atoms with Crippen molar-refractivity contribution in [2.24, 2.45) is 4.99 Å². The first-order valence-corrected chi connectivity index (χ1v) is 10.1. The smallest absolute Gasteiger partial charge is 0.257 e. The second-order valence-electron chi connectivity index (χ2n) is 7.33. The van der Waals surface area contributed by atoms with Crippen LogP contribution in [0.3, 0.4) is 0 Å². The molecule has 1 saturated heterocycles. The number of amides is 1. The van der Waals surface area contributed by atoms with E-state index < -0.39 is 0 Å². The number of piperazine rings is 1. The summed E-state index contributed by atoms with van der Waals surface area (Å²) in [5.74, 6) is 0.404. The number of aromatic nitrogens is 2. The van der Waals surface area contributed by atoms with Gasteiger partial charge in [-0.1, -0.05) is 48.5 Å². The van der Waals surface area contributed by atoms with Crippen molar-refractivity contribution in [2.45, 2.75) is 13.0 Å². The zero-order chi connectivity index (χ0) is 21.6. The number of nitriles is 1. The van der Waals surface area contributed by atoms with Gasteiger partial charge in [0.15, 0.2) is 0 Å². The molecule has 156 valence electrons. The van der Waals surface area contributed by atoms with Gasteiger partial charge in [0, 0.05) is 31.5 Å². The van der Waals surface area contributed by atoms with E-state index in [1.807, 2.05) is 77.5 Å². The van der Waals surface area contributed by atoms with Crippen molar-refractivity contribution in [1.82, 2.24) is 20.0 Å². The van der Waals surface area contributed by atoms with Gasteiger partial charge in [-0.25, -0.2) is 0 Å². The molecule has 0 bridgehead atoms. The Balaban J connectivity index is 1.62. The van der Waals surface area contributed by atoms with E-state index in [-0.39, 0.29) is 11.9 Å². The van der Waals surface area contributed by atoms with Crippen LogP contribution in [0.15, 0.2) is 72.0 Å². The minimum absolute atomic E-state index is 0.0760. The molecular weight excluding hydrogens is 390 g/mol. The third-order valence-electron chi connectivity index (χ3n) is 5.42. The van der Waals surface area contributed by atoms with Gasteiger partial charge >= 0.3 is 0 Å². The molecule has 2 heterocycles. The Morgan fingerprint density at radius 1 is 1.19 bits per heavy atom. The molecule has 4 rings (SSSR count). The van der Waals surface area contributed by atoms with Gasteiger partial charge in [-0.2, -0.15) is 10.4 Å². The van der Waals surface area contributed by atoms with E-state index in [4.69, 9.17) is 0 Å². The normalized spacial score (nSPS) is 16.6. The lowest BCUT2D eigenvalue weighted by molar-refractivity contribution is 0.0550. The van der Waals surface area contributed by atoms with Crippen LogP contribution in [0.2, 0.25) is 0 Å². The van der Waals surface area contributed by atoms with E-state index in [0.29, 0.717) is 31.2 Å². The fourth-order valence-corrected chi connectivity index (χ4v) is 3.77. The standard InChI is InChI=1S/C23H23N7O/c1-17-7-5-6-10-20(17)28-23(25-16-24)29-11-12-30(22(31)19-13-26-27-14-19)21(15-29)18-8-3-2-4-9-18/h2-10,13-14,21H,11-12,15H2,1H3,(H,25,28)(H,26,27). The molecule has 3 aromatic rings. The Morgan fingerprint density at radius 2 is 1.97 bits per heavy atom. The van der Waals surface area contributed by atoms with Crippen molar-refractivity contribution < 1.29 is 4.79 Å². The third kappa shape index (κ3) is 4.41. The Hall–Kier alpha value is -4.12. The highest BCUT2D eigenvalue weighted by Crippen LogP contribution is 2.28. The monoisotopic (exact) mass is 413 g/mol. The van der Waals surface area contributed by atoms with Crippen LogP contribution in [0.4, 0.5) is 5.69 Å². The second kappa shape index (κ2) is 9.13. The van der Waals surface area contributed by atoms with Gasteiger partial charge in [-0.15, -0.1) is 4.99 Å². The Labute approximate surface area is 180 Å². The number of aromatic amines is 1. The van der Waals surface area contributed by atoms with Gasteiger partial charge in [0.1, 0.15) is 0 Å². The lowest BCUT2D eigenvalue weighted by atomic mass is 10.0. The molecule has 31 heavy (non-hydrogen) atoms. The molecule has 0 radical (unpaired) electrons. The van der Waals surface area contributed by atoms with E-state index >= 15 is 0 Å². The Kier molecular flexibility index (Phi) is 5.94. The number of aliphatic imine (C=N–C) groups is 1. The first kappa shape index (κ1) is 20.2. The highest BCUT2D eigenvalue weighted by atomic mass is 16.2. The first-order chi connectivity index (χ1) is 15.2. The van der Waals surface area contributed by atoms with Crippen molar-refractivity contribution in [3.63, 3.8) is 0 Å². The lowest BCUT2D eigenvalue weighted by Crippen LogP contribution is -2.53. The van der Waals surface area contributed by atoms with Crippen LogP contribution < -0.4 is 5.32 Å². The zero-order valence-corrected chi connectivity index (χ0v) is 17.2. The summed E-state index contributed by atoms with van der Waals surface area (Å²) in [7, 11) is 0. The number of carbonyl (C=O) groups is 1. The maximum atomic E-state index is 13.1. The number of guanidine groups is 1. The molecule has 0 saturated carbocycles. The number of H-pyrrole nitrogens is 1. The first-order valence-electron chi connectivity index (χ1n) is 10.1. The maximum Gasteiger partial charge on any atom is 0.257 e. The number of rotatable bonds is 3. The van der Waals surface area contributed by atoms with E-state index in [0.717, 1.165) is 16.8 Å². The van der Waals surface area contributed by atoms with Crippen LogP contribution in [0, 0.1) is 18.4 Å². The van der Waals surface area contributed by atoms with Crippen LogP contribution >= 0.6 is 0 Å². The largest absolute Gasteiger partial charge is 0.338 e. The minimum atomic E-state index is -0.195. The van der Waals surface area contributed by atoms with Gasteiger partial charge in [0.25, 0.3) is 5.91 Å². The number of anilines is 1. The summed E-state index contributed by atoms with van der Waals surface area (Å²) in [6.45, 7) is 3.55. The Morgan fingerprint density at radius 3 is 2.68 bits per heavy atom. The SMILES string of the molecule is Cc1ccccc1N/C(=N/C#N)N1CCN(C(=O)c2cn[nH]c2)C(c2ccccc2)C1. The molecule has 0 aliphatic carbocycles. The van der Waals surface area contributed by atoms with Crippen molar-refractivity contribution in [1.29, 1.82) is 5.26 Å². The molecule has 1 aliphatic rings. The molecule has 8 nitrogen and oxygen atoms in total. The van der Waals surface area contributed by atoms with Crippen LogP contribution in [0.1, 0.15) is 27.5 Å². The molecule has 1 aliphatic heterocycles. The van der Waals surface area contributed by atoms with Crippen LogP contribution in [0.25, 0.3) is 0 Å². The molecule has 2 aromatic carbocycles. The van der Waals surface area contributed by atoms with Crippen molar-refractivity contribution in [3.8, 4) is 6.19 Å². The molecule has 2 N–H and O–H groups in total. The predicted molar refractivity (Wildman–Crippen MR) is 118 cm³/mol. The van der Waals surface area contributed by atoms with Gasteiger partial charge in [-0.05, 0) is 24.1 Å². The molecule has 1 aromatic heterocycles. The molecule has 1 atom stereocenters. The predicted octanol–water partition coefficient (Wildman–Crippen LogP) is 3.17. The topological polar surface area (TPSA) is 100 Å². The molecule has 1 amide bonds. The number of hydrogen-bond donors (Lipinski definition) is 2. The Bertz CT molecular complexity index is 1100. The average Bonchev–Trinajstić information content (AvgIpc) is 3.35. The highest BCUT2D eigenvalue weighted by Gasteiger charge is 2.33. The van der Waals surface area contributed by atoms with Gasteiger partial charge in [-0.3, -0.25) is 9.89 Å². The van der Waals surface area contributed by atoms with Crippen LogP contribution in [-0.4, -0.2) is 51.5 Å². The fourth-order valence-electron chi connectivity index (χ4n) is 3.77. The van der Waals surface area contributed by atoms with Crippen LogP contribution in [0.5, 0.6) is 0 Å². The molecule has 1 fully saturated rings.